The number of ether oxygens (including phenoxy) is 1. The van der Waals surface area contributed by atoms with Gasteiger partial charge in [0.15, 0.2) is 10.8 Å². The minimum absolute atomic E-state index is 0.0579. The van der Waals surface area contributed by atoms with Crippen molar-refractivity contribution in [2.75, 3.05) is 42.7 Å². The summed E-state index contributed by atoms with van der Waals surface area (Å²) in [6, 6.07) is 7.28. The van der Waals surface area contributed by atoms with E-state index in [1.807, 2.05) is 24.3 Å². The molecule has 2 N–H and O–H groups in total. The summed E-state index contributed by atoms with van der Waals surface area (Å²) in [5.41, 5.74) is 1.50. The fourth-order valence-electron chi connectivity index (χ4n) is 4.05. The van der Waals surface area contributed by atoms with Gasteiger partial charge in [-0.05, 0) is 35.9 Å². The molecule has 1 atom stereocenters. The highest BCUT2D eigenvalue weighted by molar-refractivity contribution is 7.99. The molecule has 1 fully saturated rings. The molecule has 10 nitrogen and oxygen atoms in total. The number of nitrogens with one attached hydrogen (secondary N) is 2. The van der Waals surface area contributed by atoms with E-state index in [0.29, 0.717) is 30.7 Å². The van der Waals surface area contributed by atoms with E-state index in [4.69, 9.17) is 9.72 Å². The highest BCUT2D eigenvalue weighted by Gasteiger charge is 2.35. The molecule has 0 saturated carbocycles. The molecule has 192 valence electrons. The van der Waals surface area contributed by atoms with Crippen LogP contribution in [0.5, 0.6) is 5.75 Å². The monoisotopic (exact) mass is 511 g/mol. The van der Waals surface area contributed by atoms with Gasteiger partial charge in [-0.25, -0.2) is 14.6 Å². The molecule has 1 aromatic carbocycles. The first-order valence-electron chi connectivity index (χ1n) is 12.2. The Bertz CT molecular complexity index is 1210. The predicted octanol–water partition coefficient (Wildman–Crippen LogP) is 3.18. The Morgan fingerprint density at radius 3 is 2.72 bits per heavy atom. The smallest absolute Gasteiger partial charge is 0.227 e. The molecule has 1 aliphatic rings. The zero-order chi connectivity index (χ0) is 25.7. The maximum atomic E-state index is 12.8. The third-order valence-corrected chi connectivity index (χ3v) is 6.66. The van der Waals surface area contributed by atoms with Crippen LogP contribution < -0.4 is 20.3 Å². The molecule has 1 aliphatic heterocycles. The number of fused-ring (bicyclic) bond motifs is 1. The predicted molar refractivity (Wildman–Crippen MR) is 142 cm³/mol. The number of benzene rings is 1. The number of aromatic nitrogens is 4. The number of carbonyl (C=O) groups excluding carboxylic acids is 2. The third-order valence-electron chi connectivity index (χ3n) is 5.93. The molecule has 11 heteroatoms. The lowest BCUT2D eigenvalue weighted by molar-refractivity contribution is -0.126. The Kier molecular flexibility index (Phi) is 8.29. The van der Waals surface area contributed by atoms with Gasteiger partial charge >= 0.3 is 0 Å². The number of methoxy groups -OCH3 is 1. The lowest BCUT2D eigenvalue weighted by Crippen LogP contribution is -2.35. The minimum Gasteiger partial charge on any atom is -0.497 e. The fourth-order valence-corrected chi connectivity index (χ4v) is 4.62. The molecule has 0 radical (unpaired) electrons. The van der Waals surface area contributed by atoms with Crippen LogP contribution >= 0.6 is 11.8 Å². The number of thioether (sulfide) groups is 1. The quantitative estimate of drug-likeness (QED) is 0.298. The van der Waals surface area contributed by atoms with Gasteiger partial charge in [-0.1, -0.05) is 32.5 Å². The van der Waals surface area contributed by atoms with Crippen LogP contribution in [0.3, 0.4) is 0 Å². The molecule has 0 spiro atoms. The summed E-state index contributed by atoms with van der Waals surface area (Å²) in [5.74, 6) is 2.26. The highest BCUT2D eigenvalue weighted by atomic mass is 32.2. The second-order valence-electron chi connectivity index (χ2n) is 9.06. The van der Waals surface area contributed by atoms with E-state index in [1.54, 1.807) is 34.7 Å². The van der Waals surface area contributed by atoms with Crippen molar-refractivity contribution < 1.29 is 14.3 Å². The molecule has 1 unspecified atom stereocenters. The van der Waals surface area contributed by atoms with E-state index >= 15 is 0 Å². The Hall–Kier alpha value is -3.34. The zero-order valence-corrected chi connectivity index (χ0v) is 22.0. The first-order valence-corrected chi connectivity index (χ1v) is 13.2. The summed E-state index contributed by atoms with van der Waals surface area (Å²) < 4.78 is 6.97. The van der Waals surface area contributed by atoms with E-state index in [2.05, 4.69) is 41.5 Å². The van der Waals surface area contributed by atoms with Crippen molar-refractivity contribution in [2.24, 2.45) is 11.8 Å². The SMILES string of the molecule is CCSc1nc(NCC(C)C)c2cnn(CCNC(=O)C3CC(=O)N(c4ccc(OC)cc4)C3)c2n1. The van der Waals surface area contributed by atoms with Crippen LogP contribution in [-0.2, 0) is 16.1 Å². The summed E-state index contributed by atoms with van der Waals surface area (Å²) >= 11 is 1.58. The van der Waals surface area contributed by atoms with Crippen molar-refractivity contribution in [3.05, 3.63) is 30.5 Å². The van der Waals surface area contributed by atoms with Gasteiger partial charge in [0, 0.05) is 31.7 Å². The molecule has 3 heterocycles. The largest absolute Gasteiger partial charge is 0.497 e. The molecular weight excluding hydrogens is 478 g/mol. The minimum atomic E-state index is -0.393. The first kappa shape index (κ1) is 25.7. The number of rotatable bonds is 11. The van der Waals surface area contributed by atoms with Gasteiger partial charge in [-0.2, -0.15) is 5.10 Å². The van der Waals surface area contributed by atoms with Gasteiger partial charge in [-0.15, -0.1) is 0 Å². The molecule has 0 bridgehead atoms. The number of nitrogens with zero attached hydrogens (tertiary/aromatic N) is 5. The number of hydrogen-bond acceptors (Lipinski definition) is 8. The van der Waals surface area contributed by atoms with Crippen LogP contribution in [0.15, 0.2) is 35.6 Å². The Labute approximate surface area is 215 Å². The Morgan fingerprint density at radius 2 is 2.03 bits per heavy atom. The number of hydrogen-bond donors (Lipinski definition) is 2. The van der Waals surface area contributed by atoms with Gasteiger partial charge in [0.1, 0.15) is 11.6 Å². The maximum absolute atomic E-state index is 12.8. The molecule has 36 heavy (non-hydrogen) atoms. The van der Waals surface area contributed by atoms with E-state index in [-0.39, 0.29) is 18.2 Å². The normalized spacial score (nSPS) is 15.6. The summed E-state index contributed by atoms with van der Waals surface area (Å²) in [6.45, 7) is 8.37. The average Bonchev–Trinajstić information content (AvgIpc) is 3.46. The zero-order valence-electron chi connectivity index (χ0n) is 21.2. The Morgan fingerprint density at radius 1 is 1.25 bits per heavy atom. The second-order valence-corrected chi connectivity index (χ2v) is 10.3. The average molecular weight is 512 g/mol. The number of carbonyl (C=O) groups is 2. The molecule has 1 saturated heterocycles. The van der Waals surface area contributed by atoms with E-state index < -0.39 is 5.92 Å². The lowest BCUT2D eigenvalue weighted by Gasteiger charge is -2.17. The van der Waals surface area contributed by atoms with Gasteiger partial charge in [-0.3, -0.25) is 9.59 Å². The standard InChI is InChI=1S/C25H33N7O3S/c1-5-36-25-29-22(27-13-16(2)3)20-14-28-32(23(20)30-25)11-10-26-24(34)17-12-21(33)31(15-17)18-6-8-19(35-4)9-7-18/h6-9,14,16-17H,5,10-13,15H2,1-4H3,(H,26,34)(H,27,29,30). The molecule has 2 aromatic heterocycles. The summed E-state index contributed by atoms with van der Waals surface area (Å²) in [6.07, 6.45) is 1.96. The van der Waals surface area contributed by atoms with E-state index in [1.165, 1.54) is 0 Å². The van der Waals surface area contributed by atoms with Crippen molar-refractivity contribution in [1.29, 1.82) is 0 Å². The summed E-state index contributed by atoms with van der Waals surface area (Å²) in [4.78, 5) is 36.4. The van der Waals surface area contributed by atoms with Crippen molar-refractivity contribution >= 4 is 46.1 Å². The third kappa shape index (κ3) is 5.89. The Balaban J connectivity index is 1.38. The van der Waals surface area contributed by atoms with Crippen molar-refractivity contribution in [1.82, 2.24) is 25.1 Å². The van der Waals surface area contributed by atoms with Crippen LogP contribution in [0.25, 0.3) is 11.0 Å². The summed E-state index contributed by atoms with van der Waals surface area (Å²) in [5, 5.41) is 12.4. The van der Waals surface area contributed by atoms with Crippen LogP contribution in [0.4, 0.5) is 11.5 Å². The van der Waals surface area contributed by atoms with Crippen molar-refractivity contribution in [3.8, 4) is 5.75 Å². The van der Waals surface area contributed by atoms with Gasteiger partial charge in [0.05, 0.1) is 31.2 Å². The molecule has 4 rings (SSSR count). The highest BCUT2D eigenvalue weighted by Crippen LogP contribution is 2.27. The summed E-state index contributed by atoms with van der Waals surface area (Å²) in [7, 11) is 1.60. The number of anilines is 2. The van der Waals surface area contributed by atoms with Crippen LogP contribution in [0.2, 0.25) is 0 Å². The van der Waals surface area contributed by atoms with Crippen molar-refractivity contribution in [2.45, 2.75) is 38.9 Å². The fraction of sp³-hybridized carbons (Fsp3) is 0.480. The van der Waals surface area contributed by atoms with Crippen LogP contribution in [0, 0.1) is 11.8 Å². The van der Waals surface area contributed by atoms with Crippen LogP contribution in [0.1, 0.15) is 27.2 Å². The van der Waals surface area contributed by atoms with Crippen LogP contribution in [-0.4, -0.2) is 64.1 Å². The molecular formula is C25H33N7O3S. The molecule has 2 amide bonds. The molecule has 3 aromatic rings. The van der Waals surface area contributed by atoms with Gasteiger partial charge in [0.2, 0.25) is 11.8 Å². The number of amides is 2. The van der Waals surface area contributed by atoms with Gasteiger partial charge < -0.3 is 20.3 Å². The first-order chi connectivity index (χ1) is 17.4. The van der Waals surface area contributed by atoms with Crippen molar-refractivity contribution in [3.63, 3.8) is 0 Å². The van der Waals surface area contributed by atoms with E-state index in [9.17, 15) is 9.59 Å². The van der Waals surface area contributed by atoms with E-state index in [0.717, 1.165) is 40.6 Å². The lowest BCUT2D eigenvalue weighted by atomic mass is 10.1. The topological polar surface area (TPSA) is 114 Å². The van der Waals surface area contributed by atoms with Gasteiger partial charge in [0.25, 0.3) is 0 Å². The second kappa shape index (κ2) is 11.6. The maximum Gasteiger partial charge on any atom is 0.227 e. The molecule has 0 aliphatic carbocycles.